The molecule has 0 fully saturated rings. The Hall–Kier alpha value is -0.890. The van der Waals surface area contributed by atoms with E-state index in [0.717, 1.165) is 17.1 Å². The van der Waals surface area contributed by atoms with Crippen molar-refractivity contribution in [2.75, 3.05) is 14.2 Å². The van der Waals surface area contributed by atoms with E-state index >= 15 is 0 Å². The van der Waals surface area contributed by atoms with E-state index in [1.165, 1.54) is 0 Å². The summed E-state index contributed by atoms with van der Waals surface area (Å²) in [5.74, 6) is 1.87. The Morgan fingerprint density at radius 1 is 1.00 bits per heavy atom. The molecule has 0 N–H and O–H groups in total. The van der Waals surface area contributed by atoms with Gasteiger partial charge in [0.05, 0.1) is 14.2 Å². The number of alkyl halides is 1. The maximum absolute atomic E-state index is 6.07. The molecule has 0 heterocycles. The number of benzene rings is 1. The van der Waals surface area contributed by atoms with Crippen LogP contribution in [0.2, 0.25) is 0 Å². The monoisotopic (exact) mass is 228 g/mol. The molecular weight excluding hydrogens is 212 g/mol. The minimum absolute atomic E-state index is 0.0850. The van der Waals surface area contributed by atoms with Gasteiger partial charge in [0.2, 0.25) is 0 Å². The quantitative estimate of drug-likeness (QED) is 0.735. The van der Waals surface area contributed by atoms with E-state index in [-0.39, 0.29) is 11.3 Å². The maximum Gasteiger partial charge on any atom is 0.122 e. The van der Waals surface area contributed by atoms with E-state index in [1.807, 2.05) is 25.1 Å². The molecular formula is C12H17ClO2. The van der Waals surface area contributed by atoms with E-state index in [2.05, 4.69) is 6.92 Å². The summed E-state index contributed by atoms with van der Waals surface area (Å²) < 4.78 is 10.4. The smallest absolute Gasteiger partial charge is 0.122 e. The molecule has 0 radical (unpaired) electrons. The molecule has 2 nitrogen and oxygen atoms in total. The fourth-order valence-corrected chi connectivity index (χ4v) is 1.50. The lowest BCUT2D eigenvalue weighted by Gasteiger charge is -2.16. The molecule has 0 saturated heterocycles. The van der Waals surface area contributed by atoms with Gasteiger partial charge in [0.15, 0.2) is 0 Å². The summed E-state index contributed by atoms with van der Waals surface area (Å²) in [6, 6.07) is 5.84. The van der Waals surface area contributed by atoms with Crippen LogP contribution in [0.15, 0.2) is 18.2 Å². The first-order valence-electron chi connectivity index (χ1n) is 4.95. The number of methoxy groups -OCH3 is 2. The van der Waals surface area contributed by atoms with E-state index in [4.69, 9.17) is 21.1 Å². The van der Waals surface area contributed by atoms with Crippen molar-refractivity contribution < 1.29 is 9.47 Å². The first-order chi connectivity index (χ1) is 7.08. The van der Waals surface area contributed by atoms with Crippen molar-refractivity contribution in [3.05, 3.63) is 23.8 Å². The fourth-order valence-electron chi connectivity index (χ4n) is 1.36. The van der Waals surface area contributed by atoms with E-state index in [1.54, 1.807) is 14.2 Å². The Morgan fingerprint density at radius 3 is 1.80 bits per heavy atom. The summed E-state index contributed by atoms with van der Waals surface area (Å²) in [6.45, 7) is 4.07. The van der Waals surface area contributed by atoms with Crippen LogP contribution in [0.25, 0.3) is 0 Å². The summed E-state index contributed by atoms with van der Waals surface area (Å²) in [7, 11) is 3.29. The third-order valence-electron chi connectivity index (χ3n) is 2.59. The van der Waals surface area contributed by atoms with Gasteiger partial charge >= 0.3 is 0 Å². The molecule has 2 unspecified atom stereocenters. The molecule has 0 aliphatic heterocycles. The Balaban J connectivity index is 3.06. The molecule has 0 saturated carbocycles. The van der Waals surface area contributed by atoms with Gasteiger partial charge in [-0.2, -0.15) is 0 Å². The average Bonchev–Trinajstić information content (AvgIpc) is 2.27. The largest absolute Gasteiger partial charge is 0.497 e. The minimum atomic E-state index is 0.0850. The molecule has 1 rings (SSSR count). The Morgan fingerprint density at radius 2 is 1.47 bits per heavy atom. The Labute approximate surface area is 96.2 Å². The van der Waals surface area contributed by atoms with Gasteiger partial charge < -0.3 is 9.47 Å². The molecule has 84 valence electrons. The van der Waals surface area contributed by atoms with Crippen LogP contribution in [0, 0.1) is 0 Å². The zero-order chi connectivity index (χ0) is 11.4. The average molecular weight is 229 g/mol. The molecule has 1 aromatic carbocycles. The summed E-state index contributed by atoms with van der Waals surface area (Å²) in [5.41, 5.74) is 1.13. The number of hydrogen-bond acceptors (Lipinski definition) is 2. The number of halogens is 1. The van der Waals surface area contributed by atoms with Crippen LogP contribution in [-0.4, -0.2) is 19.6 Å². The first-order valence-corrected chi connectivity index (χ1v) is 5.39. The van der Waals surface area contributed by atoms with Crippen LogP contribution in [-0.2, 0) is 0 Å². The topological polar surface area (TPSA) is 18.5 Å². The van der Waals surface area contributed by atoms with Crippen molar-refractivity contribution in [2.45, 2.75) is 25.1 Å². The van der Waals surface area contributed by atoms with Gasteiger partial charge in [0.1, 0.15) is 11.5 Å². The Kier molecular flexibility index (Phi) is 4.28. The van der Waals surface area contributed by atoms with E-state index in [9.17, 15) is 0 Å². The zero-order valence-electron chi connectivity index (χ0n) is 9.58. The third-order valence-corrected chi connectivity index (χ3v) is 2.97. The zero-order valence-corrected chi connectivity index (χ0v) is 10.3. The normalized spacial score (nSPS) is 14.5. The summed E-state index contributed by atoms with van der Waals surface area (Å²) in [6.07, 6.45) is 0. The fraction of sp³-hybridized carbons (Fsp3) is 0.500. The summed E-state index contributed by atoms with van der Waals surface area (Å²) >= 11 is 6.07. The highest BCUT2D eigenvalue weighted by Gasteiger charge is 2.13. The van der Waals surface area contributed by atoms with Crippen LogP contribution in [0.4, 0.5) is 0 Å². The third kappa shape index (κ3) is 3.03. The lowest BCUT2D eigenvalue weighted by Crippen LogP contribution is -2.05. The number of ether oxygens (including phenoxy) is 2. The minimum Gasteiger partial charge on any atom is -0.497 e. The second kappa shape index (κ2) is 5.26. The molecule has 15 heavy (non-hydrogen) atoms. The highest BCUT2D eigenvalue weighted by Crippen LogP contribution is 2.30. The SMILES string of the molecule is COc1cc(OC)cc(C(C)C(C)Cl)c1. The second-order valence-corrected chi connectivity index (χ2v) is 4.30. The summed E-state index contributed by atoms with van der Waals surface area (Å²) in [4.78, 5) is 0. The van der Waals surface area contributed by atoms with Crippen molar-refractivity contribution in [3.8, 4) is 11.5 Å². The Bertz CT molecular complexity index is 301. The van der Waals surface area contributed by atoms with Gasteiger partial charge in [-0.3, -0.25) is 0 Å². The molecule has 1 aromatic rings. The highest BCUT2D eigenvalue weighted by molar-refractivity contribution is 6.20. The predicted octanol–water partition coefficient (Wildman–Crippen LogP) is 3.43. The van der Waals surface area contributed by atoms with Crippen molar-refractivity contribution in [1.82, 2.24) is 0 Å². The number of rotatable bonds is 4. The highest BCUT2D eigenvalue weighted by atomic mass is 35.5. The van der Waals surface area contributed by atoms with Crippen LogP contribution < -0.4 is 9.47 Å². The van der Waals surface area contributed by atoms with Gasteiger partial charge in [-0.1, -0.05) is 6.92 Å². The van der Waals surface area contributed by atoms with E-state index < -0.39 is 0 Å². The van der Waals surface area contributed by atoms with Gasteiger partial charge in [-0.05, 0) is 30.5 Å². The molecule has 0 amide bonds. The molecule has 0 bridgehead atoms. The van der Waals surface area contributed by atoms with Gasteiger partial charge in [-0.15, -0.1) is 11.6 Å². The molecule has 0 aliphatic rings. The van der Waals surface area contributed by atoms with E-state index in [0.29, 0.717) is 0 Å². The predicted molar refractivity (Wildman–Crippen MR) is 63.3 cm³/mol. The van der Waals surface area contributed by atoms with Crippen LogP contribution in [0.5, 0.6) is 11.5 Å². The van der Waals surface area contributed by atoms with Crippen molar-refractivity contribution >= 4 is 11.6 Å². The van der Waals surface area contributed by atoms with Crippen molar-refractivity contribution in [3.63, 3.8) is 0 Å². The van der Waals surface area contributed by atoms with Crippen LogP contribution in [0.1, 0.15) is 25.3 Å². The standard InChI is InChI=1S/C12H17ClO2/c1-8(9(2)13)10-5-11(14-3)7-12(6-10)15-4/h5-9H,1-4H3. The van der Waals surface area contributed by atoms with Crippen molar-refractivity contribution in [1.29, 1.82) is 0 Å². The molecule has 2 atom stereocenters. The summed E-state index contributed by atoms with van der Waals surface area (Å²) in [5, 5.41) is 0.0850. The second-order valence-electron chi connectivity index (χ2n) is 3.61. The first kappa shape index (κ1) is 12.2. The van der Waals surface area contributed by atoms with Crippen LogP contribution >= 0.6 is 11.6 Å². The van der Waals surface area contributed by atoms with Crippen molar-refractivity contribution in [2.24, 2.45) is 0 Å². The van der Waals surface area contributed by atoms with Gasteiger partial charge in [0, 0.05) is 11.4 Å². The van der Waals surface area contributed by atoms with Crippen LogP contribution in [0.3, 0.4) is 0 Å². The lowest BCUT2D eigenvalue weighted by atomic mass is 9.98. The molecule has 0 aromatic heterocycles. The van der Waals surface area contributed by atoms with Gasteiger partial charge in [-0.25, -0.2) is 0 Å². The maximum atomic E-state index is 6.07. The number of hydrogen-bond donors (Lipinski definition) is 0. The molecule has 0 spiro atoms. The molecule has 0 aliphatic carbocycles. The lowest BCUT2D eigenvalue weighted by molar-refractivity contribution is 0.392. The molecule has 3 heteroatoms. The van der Waals surface area contributed by atoms with Gasteiger partial charge in [0.25, 0.3) is 0 Å².